The predicted molar refractivity (Wildman–Crippen MR) is 323 cm³/mol. The summed E-state index contributed by atoms with van der Waals surface area (Å²) >= 11 is 0. The highest BCUT2D eigenvalue weighted by atomic mass is 28.4. The molecule has 4 heterocycles. The number of allylic oxidation sites excluding steroid dienone is 6. The van der Waals surface area contributed by atoms with Crippen LogP contribution in [0.4, 0.5) is 0 Å². The second kappa shape index (κ2) is 29.9. The molecule has 470 valence electrons. The molecular formula is C64H105NO16Si2. The molecule has 2 bridgehead atoms. The van der Waals surface area contributed by atoms with Crippen LogP contribution >= 0.6 is 0 Å². The molecule has 19 heteroatoms. The second-order valence-corrected chi connectivity index (χ2v) is 36.6. The zero-order chi connectivity index (χ0) is 62.0. The number of ether oxygens (including phenoxy) is 7. The normalized spacial score (nSPS) is 35.0. The number of cyclic esters (lactones) is 1. The number of aliphatic hydroxyl groups is 1. The third-order valence-electron chi connectivity index (χ3n) is 17.4. The minimum atomic E-state index is -2.46. The van der Waals surface area contributed by atoms with E-state index in [4.69, 9.17) is 42.0 Å². The molecule has 17 nitrogen and oxygen atoms in total. The molecule has 83 heavy (non-hydrogen) atoms. The van der Waals surface area contributed by atoms with Crippen molar-refractivity contribution in [3.63, 3.8) is 0 Å². The maximum atomic E-state index is 14.9. The molecule has 0 aromatic carbocycles. The van der Waals surface area contributed by atoms with Gasteiger partial charge in [-0.3, -0.25) is 24.0 Å². The van der Waals surface area contributed by atoms with E-state index in [-0.39, 0.29) is 61.9 Å². The molecule has 1 amide bonds. The van der Waals surface area contributed by atoms with Crippen molar-refractivity contribution in [2.75, 3.05) is 34.0 Å². The fraction of sp³-hybridized carbons (Fsp3) is 0.781. The summed E-state index contributed by atoms with van der Waals surface area (Å²) < 4.78 is 56.3. The Morgan fingerprint density at radius 2 is 1.47 bits per heavy atom. The van der Waals surface area contributed by atoms with Gasteiger partial charge in [0.1, 0.15) is 29.8 Å². The van der Waals surface area contributed by atoms with Crippen LogP contribution in [0.1, 0.15) is 146 Å². The zero-order valence-corrected chi connectivity index (χ0v) is 55.7. The van der Waals surface area contributed by atoms with Gasteiger partial charge in [-0.1, -0.05) is 71.1 Å². The number of hydrogen-bond acceptors (Lipinski definition) is 16. The highest BCUT2D eigenvalue weighted by Crippen LogP contribution is 2.40. The first-order valence-electron chi connectivity index (χ1n) is 30.7. The molecule has 1 saturated carbocycles. The number of methoxy groups -OCH3 is 2. The third-order valence-corrected chi connectivity index (χ3v) is 19.3. The van der Waals surface area contributed by atoms with Gasteiger partial charge in [0, 0.05) is 51.4 Å². The average Bonchev–Trinajstić information content (AvgIpc) is 2.33. The molecule has 1 unspecified atom stereocenters. The molecule has 5 aliphatic rings. The van der Waals surface area contributed by atoms with E-state index in [2.05, 4.69) is 52.3 Å². The van der Waals surface area contributed by atoms with Crippen molar-refractivity contribution in [2.24, 2.45) is 40.9 Å². The highest BCUT2D eigenvalue weighted by Gasteiger charge is 2.54. The quantitative estimate of drug-likeness (QED) is 0.116. The van der Waals surface area contributed by atoms with Gasteiger partial charge < -0.3 is 52.0 Å². The van der Waals surface area contributed by atoms with Gasteiger partial charge in [-0.05, 0) is 167 Å². The van der Waals surface area contributed by atoms with Crippen LogP contribution in [0.3, 0.4) is 0 Å². The van der Waals surface area contributed by atoms with Crippen LogP contribution in [-0.2, 0) is 70.8 Å². The summed E-state index contributed by atoms with van der Waals surface area (Å²) in [4.78, 5) is 88.3. The van der Waals surface area contributed by atoms with Gasteiger partial charge in [0.2, 0.25) is 5.79 Å². The smallest absolute Gasteiger partial charge is 0.329 e. The van der Waals surface area contributed by atoms with Gasteiger partial charge >= 0.3 is 11.9 Å². The summed E-state index contributed by atoms with van der Waals surface area (Å²) in [5.74, 6) is -8.88. The Kier molecular flexibility index (Phi) is 25.3. The second-order valence-electron chi connectivity index (χ2n) is 27.7. The summed E-state index contributed by atoms with van der Waals surface area (Å²) in [6, 6.07) is -1.18. The van der Waals surface area contributed by atoms with Gasteiger partial charge in [-0.15, -0.1) is 0 Å². The van der Waals surface area contributed by atoms with Crippen molar-refractivity contribution < 1.29 is 75.9 Å². The van der Waals surface area contributed by atoms with Crippen molar-refractivity contribution in [3.8, 4) is 0 Å². The van der Waals surface area contributed by atoms with Crippen molar-refractivity contribution >= 4 is 51.8 Å². The molecule has 0 aromatic rings. The van der Waals surface area contributed by atoms with Crippen LogP contribution < -0.4 is 0 Å². The molecule has 4 aliphatic heterocycles. The van der Waals surface area contributed by atoms with Gasteiger partial charge in [0.25, 0.3) is 11.7 Å². The fourth-order valence-corrected chi connectivity index (χ4v) is 14.6. The number of nitrogens with zero attached hydrogens (tertiary/aromatic N) is 1. The largest absolute Gasteiger partial charge is 0.460 e. The number of Topliss-reactive ketones (excluding diaryl/α,β-unsaturated/α-hetero) is 3. The Morgan fingerprint density at radius 1 is 0.807 bits per heavy atom. The summed E-state index contributed by atoms with van der Waals surface area (Å²) in [5.41, 5.74) is 0.285. The van der Waals surface area contributed by atoms with Gasteiger partial charge in [-0.25, -0.2) is 4.79 Å². The maximum absolute atomic E-state index is 14.9. The highest BCUT2D eigenvalue weighted by molar-refractivity contribution is 6.70. The fourth-order valence-electron chi connectivity index (χ4n) is 12.3. The molecule has 15 atom stereocenters. The summed E-state index contributed by atoms with van der Waals surface area (Å²) in [5, 5.41) is 12.2. The number of esters is 2. The van der Waals surface area contributed by atoms with Crippen LogP contribution in [0.15, 0.2) is 47.6 Å². The van der Waals surface area contributed by atoms with E-state index in [1.807, 2.05) is 71.9 Å². The Labute approximate surface area is 498 Å². The average molecular weight is 1200 g/mol. The Bertz CT molecular complexity index is 2360. The van der Waals surface area contributed by atoms with Crippen LogP contribution in [0.5, 0.6) is 0 Å². The van der Waals surface area contributed by atoms with E-state index in [1.165, 1.54) is 12.0 Å². The number of piperidine rings is 1. The van der Waals surface area contributed by atoms with Gasteiger partial charge in [0.05, 0.1) is 37.6 Å². The Balaban J connectivity index is 1.51. The van der Waals surface area contributed by atoms with E-state index in [0.717, 1.165) is 5.57 Å². The lowest BCUT2D eigenvalue weighted by atomic mass is 9.78. The Morgan fingerprint density at radius 3 is 2.10 bits per heavy atom. The molecule has 0 spiro atoms. The third kappa shape index (κ3) is 19.8. The van der Waals surface area contributed by atoms with Gasteiger partial charge in [0.15, 0.2) is 34.0 Å². The number of fused-ring (bicyclic) bond motifs is 3. The molecule has 0 radical (unpaired) electrons. The molecule has 1 aliphatic carbocycles. The number of rotatable bonds is 11. The molecule has 5 rings (SSSR count). The molecular weight excluding hydrogens is 1090 g/mol. The van der Waals surface area contributed by atoms with E-state index in [9.17, 15) is 33.9 Å². The lowest BCUT2D eigenvalue weighted by Gasteiger charge is -2.43. The lowest BCUT2D eigenvalue weighted by Crippen LogP contribution is -2.61. The number of carbonyl (C=O) groups is 6. The number of hydrogen-bond donors (Lipinski definition) is 1. The minimum Gasteiger partial charge on any atom is -0.460 e. The number of ketones is 3. The zero-order valence-electron chi connectivity index (χ0n) is 53.7. The van der Waals surface area contributed by atoms with Crippen molar-refractivity contribution in [3.05, 3.63) is 47.6 Å². The lowest BCUT2D eigenvalue weighted by molar-refractivity contribution is -0.283. The van der Waals surface area contributed by atoms with Crippen molar-refractivity contribution in [1.82, 2.24) is 4.90 Å². The predicted octanol–water partition coefficient (Wildman–Crippen LogP) is 10.6. The van der Waals surface area contributed by atoms with Crippen molar-refractivity contribution in [2.45, 2.75) is 246 Å². The first-order chi connectivity index (χ1) is 38.6. The molecule has 4 fully saturated rings. The van der Waals surface area contributed by atoms with E-state index < -0.39 is 124 Å². The first kappa shape index (κ1) is 70.3. The number of carbonyl (C=O) groups excluding carboxylic acids is 6. The monoisotopic (exact) mass is 1200 g/mol. The van der Waals surface area contributed by atoms with E-state index >= 15 is 0 Å². The summed E-state index contributed by atoms with van der Waals surface area (Å²) in [6.07, 6.45) is 12.1. The SMILES string of the molecule is CO[C@H]1C[C@@H]2CC[C@@H](C)[C@@](O)(O2)C(=O)C(=O)N2CCCC[C@H]2C(=O)O[C@H]([C@H](C)C[C@@H]2CC[C@@H](OC(=O)C3(C)COC(C)(C)OC3)[C@H](O[Si](C)(C)C)C2)CC(=O)C(C)=CC(C)[C@@H](O[Si](C)(C)C)[C@@H](OC)C(=O)[C@H](C)C[C@H](C)C=CC=CC=C1C. The minimum absolute atomic E-state index is 0.0202. The van der Waals surface area contributed by atoms with Crippen molar-refractivity contribution in [1.29, 1.82) is 0 Å². The van der Waals surface area contributed by atoms with Crippen LogP contribution in [0, 0.1) is 40.9 Å². The molecule has 0 aromatic heterocycles. The van der Waals surface area contributed by atoms with E-state index in [0.29, 0.717) is 69.8 Å². The standard InChI is InChI=1S/C64H105NO16Si2/c1-40-24-20-19-21-25-41(2)52(73-11)36-48-29-27-46(7)64(72,79-48)58(68)59(69)65-31-23-22-26-49(65)60(70)77-53(37-50(66)42(3)33-45(6)56(81-83(16,17)18)57(74-12)55(67)44(5)32-40)43(4)34-47-28-30-51(54(35-47)80-82(13,14)15)78-61(71)63(10)38-75-62(8,9)76-39-63/h19-21,24-25,33,40,43-49,51-54,56-57,72H,22-23,26-32,34-39H2,1-18H3/t40-,43-,44-,45?,46-,47+,48+,49+,51-,52+,53+,54-,56-,57+,64-/m1/s1. The van der Waals surface area contributed by atoms with Crippen LogP contribution in [0.2, 0.25) is 39.3 Å². The molecule has 3 saturated heterocycles. The Hall–Kier alpha value is -3.51. The topological polar surface area (TPSA) is 209 Å². The van der Waals surface area contributed by atoms with Gasteiger partial charge in [-0.2, -0.15) is 0 Å². The first-order valence-corrected chi connectivity index (χ1v) is 37.6. The van der Waals surface area contributed by atoms with E-state index in [1.54, 1.807) is 27.9 Å². The van der Waals surface area contributed by atoms with Crippen LogP contribution in [-0.4, -0.2) is 156 Å². The summed E-state index contributed by atoms with van der Waals surface area (Å²) in [6.45, 7) is 31.4. The summed E-state index contributed by atoms with van der Waals surface area (Å²) in [7, 11) is -1.41. The molecule has 1 N–H and O–H groups in total. The number of amides is 1. The van der Waals surface area contributed by atoms with Crippen LogP contribution in [0.25, 0.3) is 0 Å². The maximum Gasteiger partial charge on any atom is 0.329 e.